The second-order valence-electron chi connectivity index (χ2n) is 6.58. The Labute approximate surface area is 134 Å². The SMILES string of the molecule is CC(C)(C)C(=O)OC1CNc2ccc(-n3ccncc3=O)cc21. The van der Waals surface area contributed by atoms with E-state index in [-0.39, 0.29) is 17.6 Å². The van der Waals surface area contributed by atoms with Crippen LogP contribution in [0.15, 0.2) is 41.6 Å². The van der Waals surface area contributed by atoms with Crippen molar-refractivity contribution in [3.63, 3.8) is 0 Å². The Hall–Kier alpha value is -2.63. The van der Waals surface area contributed by atoms with Gasteiger partial charge in [0.05, 0.1) is 18.2 Å². The van der Waals surface area contributed by atoms with Crippen LogP contribution in [-0.4, -0.2) is 22.1 Å². The lowest BCUT2D eigenvalue weighted by Gasteiger charge is -2.20. The number of nitrogens with one attached hydrogen (secondary N) is 1. The van der Waals surface area contributed by atoms with Gasteiger partial charge in [0.2, 0.25) is 0 Å². The van der Waals surface area contributed by atoms with Gasteiger partial charge in [-0.3, -0.25) is 19.1 Å². The smallest absolute Gasteiger partial charge is 0.311 e. The van der Waals surface area contributed by atoms with Crippen molar-refractivity contribution in [1.82, 2.24) is 9.55 Å². The lowest BCUT2D eigenvalue weighted by molar-refractivity contribution is -0.158. The van der Waals surface area contributed by atoms with Crippen molar-refractivity contribution in [3.05, 3.63) is 52.7 Å². The van der Waals surface area contributed by atoms with E-state index in [1.54, 1.807) is 12.4 Å². The molecule has 2 heterocycles. The van der Waals surface area contributed by atoms with Gasteiger partial charge >= 0.3 is 5.97 Å². The molecule has 1 aliphatic rings. The molecule has 1 N–H and O–H groups in total. The summed E-state index contributed by atoms with van der Waals surface area (Å²) in [6, 6.07) is 5.61. The van der Waals surface area contributed by atoms with Gasteiger partial charge in [0.15, 0.2) is 0 Å². The van der Waals surface area contributed by atoms with Crippen LogP contribution in [0.25, 0.3) is 5.69 Å². The molecule has 120 valence electrons. The molecule has 23 heavy (non-hydrogen) atoms. The minimum atomic E-state index is -0.553. The lowest BCUT2D eigenvalue weighted by atomic mass is 9.97. The number of fused-ring (bicyclic) bond motifs is 1. The number of aromatic nitrogens is 2. The molecule has 0 spiro atoms. The van der Waals surface area contributed by atoms with Crippen molar-refractivity contribution in [2.45, 2.75) is 26.9 Å². The molecule has 1 aromatic carbocycles. The van der Waals surface area contributed by atoms with Gasteiger partial charge in [-0.05, 0) is 39.0 Å². The number of hydrogen-bond acceptors (Lipinski definition) is 5. The highest BCUT2D eigenvalue weighted by Gasteiger charge is 2.31. The number of anilines is 1. The zero-order chi connectivity index (χ0) is 16.6. The summed E-state index contributed by atoms with van der Waals surface area (Å²) >= 11 is 0. The second-order valence-corrected chi connectivity index (χ2v) is 6.58. The monoisotopic (exact) mass is 313 g/mol. The predicted molar refractivity (Wildman–Crippen MR) is 86.6 cm³/mol. The average Bonchev–Trinajstić information content (AvgIpc) is 2.89. The van der Waals surface area contributed by atoms with Crippen molar-refractivity contribution in [1.29, 1.82) is 0 Å². The molecule has 0 aliphatic carbocycles. The predicted octanol–water partition coefficient (Wildman–Crippen LogP) is 2.29. The third-order valence-electron chi connectivity index (χ3n) is 3.72. The van der Waals surface area contributed by atoms with Crippen LogP contribution < -0.4 is 10.9 Å². The highest BCUT2D eigenvalue weighted by atomic mass is 16.5. The van der Waals surface area contributed by atoms with E-state index in [1.807, 2.05) is 39.0 Å². The van der Waals surface area contributed by atoms with Gasteiger partial charge < -0.3 is 10.1 Å². The summed E-state index contributed by atoms with van der Waals surface area (Å²) in [5.74, 6) is -0.247. The zero-order valence-electron chi connectivity index (χ0n) is 13.4. The highest BCUT2D eigenvalue weighted by Crippen LogP contribution is 2.35. The molecule has 6 nitrogen and oxygen atoms in total. The Kier molecular flexibility index (Phi) is 3.67. The summed E-state index contributed by atoms with van der Waals surface area (Å²) < 4.78 is 7.13. The van der Waals surface area contributed by atoms with Crippen LogP contribution in [0, 0.1) is 5.41 Å². The summed E-state index contributed by atoms with van der Waals surface area (Å²) in [7, 11) is 0. The fraction of sp³-hybridized carbons (Fsp3) is 0.353. The normalized spacial score (nSPS) is 16.6. The Morgan fingerprint density at radius 3 is 2.87 bits per heavy atom. The van der Waals surface area contributed by atoms with Crippen LogP contribution in [0.2, 0.25) is 0 Å². The van der Waals surface area contributed by atoms with Gasteiger partial charge in [0, 0.05) is 29.3 Å². The fourth-order valence-electron chi connectivity index (χ4n) is 2.41. The first-order chi connectivity index (χ1) is 10.9. The molecule has 0 radical (unpaired) electrons. The van der Waals surface area contributed by atoms with Crippen molar-refractivity contribution in [2.24, 2.45) is 5.41 Å². The Bertz CT molecular complexity index is 805. The van der Waals surface area contributed by atoms with E-state index in [0.717, 1.165) is 16.9 Å². The molecule has 6 heteroatoms. The number of ether oxygens (including phenoxy) is 1. The molecular formula is C17H19N3O3. The molecule has 1 aliphatic heterocycles. The minimum absolute atomic E-state index is 0.207. The maximum Gasteiger partial charge on any atom is 0.311 e. The average molecular weight is 313 g/mol. The summed E-state index contributed by atoms with van der Waals surface area (Å²) in [4.78, 5) is 27.8. The van der Waals surface area contributed by atoms with Crippen LogP contribution in [0.4, 0.5) is 5.69 Å². The van der Waals surface area contributed by atoms with Gasteiger partial charge in [0.25, 0.3) is 5.56 Å². The van der Waals surface area contributed by atoms with Crippen molar-refractivity contribution in [2.75, 3.05) is 11.9 Å². The van der Waals surface area contributed by atoms with Crippen LogP contribution in [0.3, 0.4) is 0 Å². The number of nitrogens with zero attached hydrogens (tertiary/aromatic N) is 2. The molecule has 1 aromatic heterocycles. The molecule has 3 rings (SSSR count). The van der Waals surface area contributed by atoms with E-state index in [9.17, 15) is 9.59 Å². The van der Waals surface area contributed by atoms with Gasteiger partial charge in [-0.2, -0.15) is 0 Å². The topological polar surface area (TPSA) is 73.2 Å². The number of carbonyl (C=O) groups is 1. The summed E-state index contributed by atoms with van der Waals surface area (Å²) in [5.41, 5.74) is 1.76. The number of hydrogen-bond donors (Lipinski definition) is 1. The third kappa shape index (κ3) is 2.97. The fourth-order valence-corrected chi connectivity index (χ4v) is 2.41. The molecule has 1 atom stereocenters. The molecule has 2 aromatic rings. The van der Waals surface area contributed by atoms with Gasteiger partial charge in [-0.25, -0.2) is 0 Å². The second kappa shape index (κ2) is 5.53. The number of rotatable bonds is 2. The van der Waals surface area contributed by atoms with E-state index in [0.29, 0.717) is 6.54 Å². The Balaban J connectivity index is 1.94. The van der Waals surface area contributed by atoms with Gasteiger partial charge in [-0.15, -0.1) is 0 Å². The summed E-state index contributed by atoms with van der Waals surface area (Å²) in [6.45, 7) is 6.01. The van der Waals surface area contributed by atoms with E-state index in [4.69, 9.17) is 4.74 Å². The summed E-state index contributed by atoms with van der Waals surface area (Å²) in [5, 5.41) is 3.22. The van der Waals surface area contributed by atoms with Crippen LogP contribution in [-0.2, 0) is 9.53 Å². The standard InChI is InChI=1S/C17H19N3O3/c1-17(2,3)16(22)23-14-9-19-13-5-4-11(8-12(13)14)20-7-6-18-10-15(20)21/h4-8,10,14,19H,9H2,1-3H3. The Morgan fingerprint density at radius 2 is 2.17 bits per heavy atom. The van der Waals surface area contributed by atoms with Crippen LogP contribution >= 0.6 is 0 Å². The van der Waals surface area contributed by atoms with E-state index >= 15 is 0 Å². The van der Waals surface area contributed by atoms with Crippen molar-refractivity contribution in [3.8, 4) is 5.69 Å². The molecular weight excluding hydrogens is 294 g/mol. The largest absolute Gasteiger partial charge is 0.455 e. The number of esters is 1. The maximum absolute atomic E-state index is 12.1. The van der Waals surface area contributed by atoms with E-state index < -0.39 is 5.41 Å². The Morgan fingerprint density at radius 1 is 1.39 bits per heavy atom. The van der Waals surface area contributed by atoms with Crippen LogP contribution in [0.1, 0.15) is 32.4 Å². The third-order valence-corrected chi connectivity index (χ3v) is 3.72. The highest BCUT2D eigenvalue weighted by molar-refractivity contribution is 5.76. The number of benzene rings is 1. The lowest BCUT2D eigenvalue weighted by Crippen LogP contribution is -2.25. The molecule has 0 fully saturated rings. The first-order valence-corrected chi connectivity index (χ1v) is 7.48. The number of carbonyl (C=O) groups excluding carboxylic acids is 1. The quantitative estimate of drug-likeness (QED) is 0.861. The zero-order valence-corrected chi connectivity index (χ0v) is 13.4. The minimum Gasteiger partial charge on any atom is -0.455 e. The van der Waals surface area contributed by atoms with Crippen molar-refractivity contribution < 1.29 is 9.53 Å². The van der Waals surface area contributed by atoms with Crippen molar-refractivity contribution >= 4 is 11.7 Å². The molecule has 1 unspecified atom stereocenters. The van der Waals surface area contributed by atoms with E-state index in [1.165, 1.54) is 10.8 Å². The molecule has 0 saturated heterocycles. The summed E-state index contributed by atoms with van der Waals surface area (Å²) in [6.07, 6.45) is 4.09. The molecule has 0 saturated carbocycles. The molecule has 0 amide bonds. The first kappa shape index (κ1) is 15.3. The van der Waals surface area contributed by atoms with Gasteiger partial charge in [0.1, 0.15) is 6.10 Å². The maximum atomic E-state index is 12.1. The van der Waals surface area contributed by atoms with Crippen LogP contribution in [0.5, 0.6) is 0 Å². The molecule has 0 bridgehead atoms. The first-order valence-electron chi connectivity index (χ1n) is 7.48. The van der Waals surface area contributed by atoms with E-state index in [2.05, 4.69) is 10.3 Å². The van der Waals surface area contributed by atoms with Gasteiger partial charge in [-0.1, -0.05) is 0 Å².